The predicted octanol–water partition coefficient (Wildman–Crippen LogP) is 4.88. The molecule has 0 saturated heterocycles. The van der Waals surface area contributed by atoms with Crippen molar-refractivity contribution in [2.45, 2.75) is 6.54 Å². The SMILES string of the molecule is O=C(NCc1ccc(Cl)cc1)c1cc(-c2ccccc2)nc2ncccc12. The molecule has 4 rings (SSSR count). The van der Waals surface area contributed by atoms with E-state index in [1.54, 1.807) is 6.20 Å². The molecule has 0 unspecified atom stereocenters. The second-order valence-electron chi connectivity index (χ2n) is 6.10. The molecule has 0 aliphatic rings. The van der Waals surface area contributed by atoms with E-state index in [4.69, 9.17) is 11.6 Å². The van der Waals surface area contributed by atoms with Crippen LogP contribution in [0.4, 0.5) is 0 Å². The fourth-order valence-electron chi connectivity index (χ4n) is 2.88. The van der Waals surface area contributed by atoms with E-state index in [0.29, 0.717) is 22.8 Å². The third-order valence-electron chi connectivity index (χ3n) is 4.26. The van der Waals surface area contributed by atoms with Gasteiger partial charge in [0.05, 0.1) is 11.3 Å². The molecule has 2 aromatic heterocycles. The first-order chi connectivity index (χ1) is 13.2. The first-order valence-corrected chi connectivity index (χ1v) is 8.92. The van der Waals surface area contributed by atoms with Crippen molar-refractivity contribution in [3.05, 3.63) is 95.1 Å². The summed E-state index contributed by atoms with van der Waals surface area (Å²) in [6, 6.07) is 22.7. The second-order valence-corrected chi connectivity index (χ2v) is 6.54. The highest BCUT2D eigenvalue weighted by molar-refractivity contribution is 6.30. The number of aromatic nitrogens is 2. The number of hydrogen-bond donors (Lipinski definition) is 1. The summed E-state index contributed by atoms with van der Waals surface area (Å²) in [7, 11) is 0. The quantitative estimate of drug-likeness (QED) is 0.554. The zero-order valence-corrected chi connectivity index (χ0v) is 15.1. The molecule has 0 atom stereocenters. The van der Waals surface area contributed by atoms with Crippen LogP contribution < -0.4 is 5.32 Å². The second kappa shape index (κ2) is 7.56. The van der Waals surface area contributed by atoms with Crippen LogP contribution in [-0.4, -0.2) is 15.9 Å². The van der Waals surface area contributed by atoms with Gasteiger partial charge in [0.15, 0.2) is 5.65 Å². The van der Waals surface area contributed by atoms with Crippen molar-refractivity contribution in [1.82, 2.24) is 15.3 Å². The molecule has 2 heterocycles. The van der Waals surface area contributed by atoms with Crippen LogP contribution in [0.2, 0.25) is 5.02 Å². The first kappa shape index (κ1) is 17.2. The zero-order valence-electron chi connectivity index (χ0n) is 14.4. The zero-order chi connectivity index (χ0) is 18.6. The summed E-state index contributed by atoms with van der Waals surface area (Å²) >= 11 is 5.91. The number of nitrogens with zero attached hydrogens (tertiary/aromatic N) is 2. The van der Waals surface area contributed by atoms with Crippen molar-refractivity contribution in [3.8, 4) is 11.3 Å². The van der Waals surface area contributed by atoms with E-state index in [1.165, 1.54) is 0 Å². The molecule has 1 N–H and O–H groups in total. The van der Waals surface area contributed by atoms with Crippen LogP contribution >= 0.6 is 11.6 Å². The number of carbonyl (C=O) groups excluding carboxylic acids is 1. The van der Waals surface area contributed by atoms with Gasteiger partial charge in [-0.05, 0) is 35.9 Å². The van der Waals surface area contributed by atoms with Gasteiger partial charge in [-0.2, -0.15) is 0 Å². The van der Waals surface area contributed by atoms with Crippen LogP contribution in [0.1, 0.15) is 15.9 Å². The minimum Gasteiger partial charge on any atom is -0.348 e. The Balaban J connectivity index is 1.69. The van der Waals surface area contributed by atoms with Crippen LogP contribution in [0, 0.1) is 0 Å². The fraction of sp³-hybridized carbons (Fsp3) is 0.0455. The molecule has 2 aromatic carbocycles. The molecule has 0 aliphatic carbocycles. The van der Waals surface area contributed by atoms with E-state index >= 15 is 0 Å². The summed E-state index contributed by atoms with van der Waals surface area (Å²) in [6.07, 6.45) is 1.68. The molecule has 0 saturated carbocycles. The Labute approximate surface area is 161 Å². The van der Waals surface area contributed by atoms with Gasteiger partial charge in [0.2, 0.25) is 0 Å². The molecule has 0 spiro atoms. The molecular formula is C22H16ClN3O. The van der Waals surface area contributed by atoms with E-state index in [-0.39, 0.29) is 5.91 Å². The lowest BCUT2D eigenvalue weighted by Crippen LogP contribution is -2.23. The van der Waals surface area contributed by atoms with E-state index in [1.807, 2.05) is 72.8 Å². The maximum Gasteiger partial charge on any atom is 0.252 e. The van der Waals surface area contributed by atoms with E-state index in [0.717, 1.165) is 22.2 Å². The van der Waals surface area contributed by atoms with Crippen molar-refractivity contribution in [3.63, 3.8) is 0 Å². The lowest BCUT2D eigenvalue weighted by atomic mass is 10.1. The summed E-state index contributed by atoms with van der Waals surface area (Å²) in [5.41, 5.74) is 3.75. The van der Waals surface area contributed by atoms with E-state index in [2.05, 4.69) is 15.3 Å². The van der Waals surface area contributed by atoms with E-state index < -0.39 is 0 Å². The number of amides is 1. The van der Waals surface area contributed by atoms with Crippen molar-refractivity contribution in [2.24, 2.45) is 0 Å². The van der Waals surface area contributed by atoms with Gasteiger partial charge in [-0.25, -0.2) is 9.97 Å². The van der Waals surface area contributed by atoms with Crippen LogP contribution in [0.15, 0.2) is 79.0 Å². The number of carbonyl (C=O) groups is 1. The van der Waals surface area contributed by atoms with Gasteiger partial charge in [0, 0.05) is 28.7 Å². The molecule has 0 radical (unpaired) electrons. The van der Waals surface area contributed by atoms with Gasteiger partial charge >= 0.3 is 0 Å². The van der Waals surface area contributed by atoms with Crippen LogP contribution in [0.5, 0.6) is 0 Å². The van der Waals surface area contributed by atoms with Gasteiger partial charge in [-0.3, -0.25) is 4.79 Å². The first-order valence-electron chi connectivity index (χ1n) is 8.54. The Kier molecular flexibility index (Phi) is 4.81. The average Bonchev–Trinajstić information content (AvgIpc) is 2.73. The Morgan fingerprint density at radius 1 is 0.963 bits per heavy atom. The summed E-state index contributed by atoms with van der Waals surface area (Å²) in [5, 5.41) is 4.37. The van der Waals surface area contributed by atoms with Gasteiger partial charge < -0.3 is 5.32 Å². The molecule has 1 amide bonds. The monoisotopic (exact) mass is 373 g/mol. The minimum atomic E-state index is -0.164. The number of halogens is 1. The number of fused-ring (bicyclic) bond motifs is 1. The molecule has 0 bridgehead atoms. The Morgan fingerprint density at radius 2 is 1.74 bits per heavy atom. The highest BCUT2D eigenvalue weighted by atomic mass is 35.5. The smallest absolute Gasteiger partial charge is 0.252 e. The van der Waals surface area contributed by atoms with Crippen molar-refractivity contribution in [2.75, 3.05) is 0 Å². The molecule has 0 aliphatic heterocycles. The van der Waals surface area contributed by atoms with Gasteiger partial charge in [0.25, 0.3) is 5.91 Å². The molecule has 27 heavy (non-hydrogen) atoms. The normalized spacial score (nSPS) is 10.7. The molecule has 4 aromatic rings. The number of pyridine rings is 2. The van der Waals surface area contributed by atoms with Gasteiger partial charge in [-0.1, -0.05) is 54.1 Å². The highest BCUT2D eigenvalue weighted by Gasteiger charge is 2.14. The Morgan fingerprint density at radius 3 is 2.52 bits per heavy atom. The van der Waals surface area contributed by atoms with Crippen molar-refractivity contribution in [1.29, 1.82) is 0 Å². The summed E-state index contributed by atoms with van der Waals surface area (Å²) in [5.74, 6) is -0.164. The average molecular weight is 374 g/mol. The number of hydrogen-bond acceptors (Lipinski definition) is 3. The van der Waals surface area contributed by atoms with Crippen molar-refractivity contribution >= 4 is 28.5 Å². The number of nitrogens with one attached hydrogen (secondary N) is 1. The van der Waals surface area contributed by atoms with Gasteiger partial charge in [-0.15, -0.1) is 0 Å². The largest absolute Gasteiger partial charge is 0.348 e. The molecule has 4 nitrogen and oxygen atoms in total. The lowest BCUT2D eigenvalue weighted by Gasteiger charge is -2.10. The van der Waals surface area contributed by atoms with Crippen LogP contribution in [-0.2, 0) is 6.54 Å². The molecular weight excluding hydrogens is 358 g/mol. The van der Waals surface area contributed by atoms with Crippen molar-refractivity contribution < 1.29 is 4.79 Å². The Hall–Kier alpha value is -3.24. The van der Waals surface area contributed by atoms with Crippen LogP contribution in [0.3, 0.4) is 0 Å². The summed E-state index contributed by atoms with van der Waals surface area (Å²) in [4.78, 5) is 21.8. The Bertz CT molecular complexity index is 1100. The maximum atomic E-state index is 12.9. The van der Waals surface area contributed by atoms with Crippen LogP contribution in [0.25, 0.3) is 22.3 Å². The fourth-order valence-corrected chi connectivity index (χ4v) is 3.01. The molecule has 0 fully saturated rings. The lowest BCUT2D eigenvalue weighted by molar-refractivity contribution is 0.0952. The number of rotatable bonds is 4. The predicted molar refractivity (Wildman–Crippen MR) is 108 cm³/mol. The summed E-state index contributed by atoms with van der Waals surface area (Å²) in [6.45, 7) is 0.417. The van der Waals surface area contributed by atoms with E-state index in [9.17, 15) is 4.79 Å². The standard InChI is InChI=1S/C22H16ClN3O/c23-17-10-8-15(9-11-17)14-25-22(27)19-13-20(16-5-2-1-3-6-16)26-21-18(19)7-4-12-24-21/h1-13H,14H2,(H,25,27). The number of benzene rings is 2. The highest BCUT2D eigenvalue weighted by Crippen LogP contribution is 2.23. The third kappa shape index (κ3) is 3.81. The minimum absolute atomic E-state index is 0.164. The summed E-state index contributed by atoms with van der Waals surface area (Å²) < 4.78 is 0. The topological polar surface area (TPSA) is 54.9 Å². The molecule has 5 heteroatoms. The molecule has 132 valence electrons. The van der Waals surface area contributed by atoms with Gasteiger partial charge in [0.1, 0.15) is 0 Å². The maximum absolute atomic E-state index is 12.9. The third-order valence-corrected chi connectivity index (χ3v) is 4.52.